The lowest BCUT2D eigenvalue weighted by Gasteiger charge is -2.15. The number of halogens is 5. The number of rotatable bonds is 3. The Morgan fingerprint density at radius 1 is 0.903 bits per heavy atom. The lowest BCUT2D eigenvalue weighted by Crippen LogP contribution is -2.25. The van der Waals surface area contributed by atoms with E-state index in [2.05, 4.69) is 5.10 Å². The molecular weight excluding hydrogens is 419 g/mol. The molecule has 1 aliphatic rings. The van der Waals surface area contributed by atoms with Gasteiger partial charge in [-0.2, -0.15) is 10.1 Å². The highest BCUT2D eigenvalue weighted by atomic mass is 19.2. The Bertz CT molecular complexity index is 1290. The van der Waals surface area contributed by atoms with Crippen LogP contribution in [0.25, 0.3) is 16.8 Å². The van der Waals surface area contributed by atoms with Crippen molar-refractivity contribution in [2.75, 3.05) is 12.1 Å². The van der Waals surface area contributed by atoms with Crippen LogP contribution in [0.4, 0.5) is 27.6 Å². The van der Waals surface area contributed by atoms with Crippen LogP contribution in [0.1, 0.15) is 12.5 Å². The van der Waals surface area contributed by atoms with Gasteiger partial charge in [0.15, 0.2) is 23.3 Å². The maximum atomic E-state index is 14.2. The van der Waals surface area contributed by atoms with Crippen LogP contribution in [0.3, 0.4) is 0 Å². The van der Waals surface area contributed by atoms with Gasteiger partial charge in [-0.25, -0.2) is 22.0 Å². The first kappa shape index (κ1) is 20.5. The molecule has 4 nitrogen and oxygen atoms in total. The summed E-state index contributed by atoms with van der Waals surface area (Å²) in [5, 5.41) is 5.48. The molecule has 0 spiro atoms. The van der Waals surface area contributed by atoms with Gasteiger partial charge in [-0.1, -0.05) is 30.3 Å². The van der Waals surface area contributed by atoms with Crippen molar-refractivity contribution in [1.82, 2.24) is 0 Å². The molecule has 0 bridgehead atoms. The first-order valence-corrected chi connectivity index (χ1v) is 8.95. The maximum Gasteiger partial charge on any atom is 0.280 e. The van der Waals surface area contributed by atoms with Crippen molar-refractivity contribution in [1.29, 1.82) is 0 Å². The number of hydrazone groups is 1. The van der Waals surface area contributed by atoms with Gasteiger partial charge in [-0.05, 0) is 29.8 Å². The second-order valence-electron chi connectivity index (χ2n) is 6.68. The summed E-state index contributed by atoms with van der Waals surface area (Å²) in [5.74, 6) is -11.6. The number of hydrogen-bond donors (Lipinski definition) is 0. The monoisotopic (exact) mass is 432 g/mol. The summed E-state index contributed by atoms with van der Waals surface area (Å²) in [6, 6.07) is 10.7. The first-order chi connectivity index (χ1) is 14.8. The number of methoxy groups -OCH3 is 1. The highest BCUT2D eigenvalue weighted by Gasteiger charge is 2.37. The predicted molar refractivity (Wildman–Crippen MR) is 105 cm³/mol. The molecule has 0 fully saturated rings. The molecule has 0 atom stereocenters. The van der Waals surface area contributed by atoms with E-state index in [0.717, 1.165) is 10.8 Å². The lowest BCUT2D eigenvalue weighted by molar-refractivity contribution is -0.114. The third-order valence-corrected chi connectivity index (χ3v) is 4.90. The fourth-order valence-electron chi connectivity index (χ4n) is 3.36. The van der Waals surface area contributed by atoms with E-state index in [1.54, 1.807) is 18.2 Å². The fraction of sp³-hybridized carbons (Fsp3) is 0.0909. The van der Waals surface area contributed by atoms with E-state index in [1.165, 1.54) is 20.1 Å². The molecule has 158 valence electrons. The number of amides is 1. The normalized spacial score (nSPS) is 15.2. The summed E-state index contributed by atoms with van der Waals surface area (Å²) >= 11 is 0. The van der Waals surface area contributed by atoms with Gasteiger partial charge in [0.1, 0.15) is 11.4 Å². The number of carbonyl (C=O) groups is 1. The van der Waals surface area contributed by atoms with Crippen LogP contribution < -0.4 is 9.75 Å². The quantitative estimate of drug-likeness (QED) is 0.242. The van der Waals surface area contributed by atoms with Crippen LogP contribution in [0.5, 0.6) is 5.75 Å². The average molecular weight is 432 g/mol. The second kappa shape index (κ2) is 7.50. The standard InChI is InChI=1S/C22H13F5N2O2/c1-10-13(9-14-12-6-4-3-5-11(12)7-8-15(14)31-2)22(30)29(28-10)21-19(26)17(24)16(23)18(25)20(21)27/h3-9H,1-2H3/b13-9-. The molecule has 1 aliphatic heterocycles. The summed E-state index contributed by atoms with van der Waals surface area (Å²) in [6.45, 7) is 1.38. The summed E-state index contributed by atoms with van der Waals surface area (Å²) in [5.41, 5.74) is -0.991. The molecule has 0 N–H and O–H groups in total. The largest absolute Gasteiger partial charge is 0.496 e. The van der Waals surface area contributed by atoms with Crippen LogP contribution in [0, 0.1) is 29.1 Å². The van der Waals surface area contributed by atoms with Gasteiger partial charge in [0.2, 0.25) is 5.82 Å². The molecule has 0 radical (unpaired) electrons. The molecule has 0 aliphatic carbocycles. The Balaban J connectivity index is 1.88. The van der Waals surface area contributed by atoms with E-state index in [9.17, 15) is 26.7 Å². The summed E-state index contributed by atoms with van der Waals surface area (Å²) in [6.07, 6.45) is 1.41. The van der Waals surface area contributed by atoms with Crippen molar-refractivity contribution in [3.05, 3.63) is 76.6 Å². The number of anilines is 1. The molecule has 0 aromatic heterocycles. The SMILES string of the molecule is COc1ccc2ccccc2c1/C=C1\C(=O)N(c2c(F)c(F)c(F)c(F)c2F)N=C1C. The van der Waals surface area contributed by atoms with Crippen LogP contribution in [0.15, 0.2) is 47.1 Å². The molecule has 0 saturated carbocycles. The minimum atomic E-state index is -2.32. The molecule has 0 saturated heterocycles. The Morgan fingerprint density at radius 2 is 1.52 bits per heavy atom. The van der Waals surface area contributed by atoms with Gasteiger partial charge >= 0.3 is 0 Å². The van der Waals surface area contributed by atoms with Gasteiger partial charge in [0.05, 0.1) is 18.4 Å². The predicted octanol–water partition coefficient (Wildman–Crippen LogP) is 5.35. The third-order valence-electron chi connectivity index (χ3n) is 4.90. The highest BCUT2D eigenvalue weighted by molar-refractivity contribution is 6.32. The van der Waals surface area contributed by atoms with E-state index >= 15 is 0 Å². The molecule has 0 unspecified atom stereocenters. The Labute approximate surface area is 172 Å². The van der Waals surface area contributed by atoms with Crippen molar-refractivity contribution in [2.45, 2.75) is 6.92 Å². The van der Waals surface area contributed by atoms with Crippen molar-refractivity contribution >= 4 is 34.2 Å². The maximum absolute atomic E-state index is 14.2. The van der Waals surface area contributed by atoms with Crippen LogP contribution in [0.2, 0.25) is 0 Å². The fourth-order valence-corrected chi connectivity index (χ4v) is 3.36. The number of nitrogens with zero attached hydrogens (tertiary/aromatic N) is 2. The van der Waals surface area contributed by atoms with E-state index < -0.39 is 40.7 Å². The van der Waals surface area contributed by atoms with Gasteiger partial charge in [0, 0.05) is 5.56 Å². The molecule has 9 heteroatoms. The van der Waals surface area contributed by atoms with E-state index in [1.807, 2.05) is 18.2 Å². The zero-order valence-electron chi connectivity index (χ0n) is 16.1. The summed E-state index contributed by atoms with van der Waals surface area (Å²) in [4.78, 5) is 12.9. The highest BCUT2D eigenvalue weighted by Crippen LogP contribution is 2.36. The summed E-state index contributed by atoms with van der Waals surface area (Å²) < 4.78 is 74.4. The van der Waals surface area contributed by atoms with E-state index in [-0.39, 0.29) is 16.3 Å². The van der Waals surface area contributed by atoms with Crippen molar-refractivity contribution < 1.29 is 31.5 Å². The van der Waals surface area contributed by atoms with Crippen molar-refractivity contribution in [2.24, 2.45) is 5.10 Å². The minimum absolute atomic E-state index is 0.0314. The topological polar surface area (TPSA) is 41.9 Å². The smallest absolute Gasteiger partial charge is 0.280 e. The minimum Gasteiger partial charge on any atom is -0.496 e. The Hall–Kier alpha value is -3.75. The summed E-state index contributed by atoms with van der Waals surface area (Å²) in [7, 11) is 1.44. The van der Waals surface area contributed by atoms with E-state index in [4.69, 9.17) is 4.74 Å². The van der Waals surface area contributed by atoms with Gasteiger partial charge < -0.3 is 4.74 Å². The number of benzene rings is 3. The third kappa shape index (κ3) is 3.13. The molecule has 1 heterocycles. The zero-order valence-corrected chi connectivity index (χ0v) is 16.1. The number of hydrogen-bond acceptors (Lipinski definition) is 3. The van der Waals surface area contributed by atoms with Crippen LogP contribution >= 0.6 is 0 Å². The van der Waals surface area contributed by atoms with Crippen LogP contribution in [-0.2, 0) is 4.79 Å². The molecule has 1 amide bonds. The van der Waals surface area contributed by atoms with Crippen molar-refractivity contribution in [3.63, 3.8) is 0 Å². The molecule has 3 aromatic rings. The van der Waals surface area contributed by atoms with E-state index in [0.29, 0.717) is 11.3 Å². The molecule has 4 rings (SSSR count). The van der Waals surface area contributed by atoms with Crippen molar-refractivity contribution in [3.8, 4) is 5.75 Å². The number of carbonyl (C=O) groups excluding carboxylic acids is 1. The van der Waals surface area contributed by atoms with Gasteiger partial charge in [0.25, 0.3) is 5.91 Å². The molecular formula is C22H13F5N2O2. The lowest BCUT2D eigenvalue weighted by atomic mass is 10.00. The number of fused-ring (bicyclic) bond motifs is 1. The first-order valence-electron chi connectivity index (χ1n) is 8.95. The number of ether oxygens (including phenoxy) is 1. The Morgan fingerprint density at radius 3 is 2.16 bits per heavy atom. The molecule has 31 heavy (non-hydrogen) atoms. The van der Waals surface area contributed by atoms with Gasteiger partial charge in [-0.15, -0.1) is 0 Å². The van der Waals surface area contributed by atoms with Gasteiger partial charge in [-0.3, -0.25) is 4.79 Å². The molecule has 3 aromatic carbocycles. The second-order valence-corrected chi connectivity index (χ2v) is 6.68. The zero-order chi connectivity index (χ0) is 22.4. The average Bonchev–Trinajstić information content (AvgIpc) is 3.04. The Kier molecular flexibility index (Phi) is 4.96. The van der Waals surface area contributed by atoms with Crippen LogP contribution in [-0.4, -0.2) is 18.7 Å².